The molecular weight excluding hydrogens is 124 g/mol. The molecule has 5 nitrogen and oxygen atoms in total. The number of carboxylic acids is 1. The Hall–Kier alpha value is -1.10. The molecule has 1 radical (unpaired) electrons. The van der Waals surface area contributed by atoms with Crippen LogP contribution in [0.25, 0.3) is 0 Å². The topological polar surface area (TPSA) is 104 Å². The molecule has 0 saturated heterocycles. The molecule has 51 valence electrons. The molecule has 0 aromatic heterocycles. The van der Waals surface area contributed by atoms with Crippen molar-refractivity contribution in [2.24, 2.45) is 5.73 Å². The molecule has 0 spiro atoms. The average Bonchev–Trinajstić information content (AvgIpc) is 1.63. The highest BCUT2D eigenvalue weighted by atomic mass is 16.4. The monoisotopic (exact) mass is 131 g/mol. The zero-order valence-corrected chi connectivity index (χ0v) is 4.63. The van der Waals surface area contributed by atoms with Crippen LogP contribution in [0, 0.1) is 0 Å². The summed E-state index contributed by atoms with van der Waals surface area (Å²) >= 11 is 0. The van der Waals surface area contributed by atoms with Crippen molar-refractivity contribution >= 4 is 11.9 Å². The average molecular weight is 131 g/mol. The van der Waals surface area contributed by atoms with Crippen LogP contribution in [0.1, 0.15) is 6.42 Å². The van der Waals surface area contributed by atoms with Crippen molar-refractivity contribution in [3.63, 3.8) is 0 Å². The van der Waals surface area contributed by atoms with Gasteiger partial charge in [0.1, 0.15) is 0 Å². The fourth-order valence-corrected chi connectivity index (χ4v) is 0.281. The number of carbonyl (C=O) groups is 2. The third-order valence-corrected chi connectivity index (χ3v) is 0.731. The Morgan fingerprint density at radius 3 is 2.22 bits per heavy atom. The molecule has 1 unspecified atom stereocenters. The fraction of sp³-hybridized carbons (Fsp3) is 0.500. The Morgan fingerprint density at radius 1 is 1.67 bits per heavy atom. The Labute approximate surface area is 51.6 Å². The van der Waals surface area contributed by atoms with Gasteiger partial charge in [-0.05, 0) is 0 Å². The van der Waals surface area contributed by atoms with Crippen LogP contribution in [-0.2, 0) is 9.59 Å². The van der Waals surface area contributed by atoms with Crippen LogP contribution in [0.4, 0.5) is 0 Å². The van der Waals surface area contributed by atoms with E-state index in [1.165, 1.54) is 0 Å². The standard InChI is InChI=1S/C4H7N2O3/c5-2(4(6)9)1-3(7)8/h2,6H,1,5H2,(H,7,8). The maximum atomic E-state index is 9.96. The highest BCUT2D eigenvalue weighted by Crippen LogP contribution is 1.85. The van der Waals surface area contributed by atoms with Gasteiger partial charge in [0.2, 0.25) is 0 Å². The molecule has 0 aliphatic rings. The number of nitrogens with two attached hydrogens (primary N) is 1. The van der Waals surface area contributed by atoms with Crippen molar-refractivity contribution < 1.29 is 14.7 Å². The summed E-state index contributed by atoms with van der Waals surface area (Å²) in [4.78, 5) is 19.8. The van der Waals surface area contributed by atoms with Crippen molar-refractivity contribution in [3.05, 3.63) is 0 Å². The number of nitrogens with one attached hydrogen (secondary N) is 1. The number of amides is 1. The van der Waals surface area contributed by atoms with Crippen LogP contribution in [0.2, 0.25) is 0 Å². The second-order valence-corrected chi connectivity index (χ2v) is 1.57. The van der Waals surface area contributed by atoms with Gasteiger partial charge in [-0.15, -0.1) is 0 Å². The van der Waals surface area contributed by atoms with E-state index in [1.807, 2.05) is 0 Å². The molecule has 0 bridgehead atoms. The van der Waals surface area contributed by atoms with E-state index in [1.54, 1.807) is 0 Å². The fourth-order valence-electron chi connectivity index (χ4n) is 0.281. The minimum Gasteiger partial charge on any atom is -0.481 e. The summed E-state index contributed by atoms with van der Waals surface area (Å²) in [7, 11) is 0. The second-order valence-electron chi connectivity index (χ2n) is 1.57. The number of aliphatic carboxylic acids is 1. The number of hydrogen-bond acceptors (Lipinski definition) is 3. The van der Waals surface area contributed by atoms with Crippen LogP contribution < -0.4 is 11.5 Å². The van der Waals surface area contributed by atoms with Gasteiger partial charge in [-0.25, -0.2) is 0 Å². The zero-order chi connectivity index (χ0) is 7.44. The molecule has 9 heavy (non-hydrogen) atoms. The Kier molecular flexibility index (Phi) is 2.66. The van der Waals surface area contributed by atoms with Crippen LogP contribution in [-0.4, -0.2) is 23.0 Å². The summed E-state index contributed by atoms with van der Waals surface area (Å²) in [5, 5.41) is 8.02. The minimum atomic E-state index is -1.18. The molecule has 1 amide bonds. The second kappa shape index (κ2) is 3.03. The molecule has 0 heterocycles. The van der Waals surface area contributed by atoms with Gasteiger partial charge in [-0.3, -0.25) is 15.3 Å². The molecule has 0 aliphatic carbocycles. The number of carbonyl (C=O) groups excluding carboxylic acids is 1. The third-order valence-electron chi connectivity index (χ3n) is 0.731. The van der Waals surface area contributed by atoms with Gasteiger partial charge in [0.05, 0.1) is 12.5 Å². The predicted octanol–water partition coefficient (Wildman–Crippen LogP) is -1.40. The van der Waals surface area contributed by atoms with Crippen molar-refractivity contribution in [2.45, 2.75) is 12.5 Å². The van der Waals surface area contributed by atoms with Gasteiger partial charge in [0.25, 0.3) is 5.91 Å². The molecule has 1 atom stereocenters. The van der Waals surface area contributed by atoms with Gasteiger partial charge in [0.15, 0.2) is 0 Å². The molecule has 0 aromatic carbocycles. The van der Waals surface area contributed by atoms with E-state index in [9.17, 15) is 9.59 Å². The highest BCUT2D eigenvalue weighted by Gasteiger charge is 2.13. The van der Waals surface area contributed by atoms with E-state index in [0.717, 1.165) is 0 Å². The minimum absolute atomic E-state index is 0.470. The van der Waals surface area contributed by atoms with Crippen LogP contribution >= 0.6 is 0 Å². The number of hydrogen-bond donors (Lipinski definition) is 2. The molecular formula is C4H7N2O3. The van der Waals surface area contributed by atoms with Gasteiger partial charge in [0, 0.05) is 0 Å². The molecule has 0 rings (SSSR count). The molecule has 4 N–H and O–H groups in total. The summed E-state index contributed by atoms with van der Waals surface area (Å²) in [6.45, 7) is 0. The molecule has 0 aliphatic heterocycles. The first-order chi connectivity index (χ1) is 4.04. The van der Waals surface area contributed by atoms with Crippen molar-refractivity contribution in [1.82, 2.24) is 5.73 Å². The zero-order valence-electron chi connectivity index (χ0n) is 4.63. The lowest BCUT2D eigenvalue weighted by atomic mass is 10.2. The third kappa shape index (κ3) is 3.48. The normalized spacial score (nSPS) is 12.6. The first-order valence-electron chi connectivity index (χ1n) is 2.27. The van der Waals surface area contributed by atoms with Gasteiger partial charge < -0.3 is 10.8 Å². The first-order valence-corrected chi connectivity index (χ1v) is 2.27. The molecule has 0 fully saturated rings. The largest absolute Gasteiger partial charge is 0.481 e. The van der Waals surface area contributed by atoms with Crippen molar-refractivity contribution in [2.75, 3.05) is 0 Å². The number of carboxylic acid groups (broad SMARTS) is 1. The van der Waals surface area contributed by atoms with E-state index >= 15 is 0 Å². The Balaban J connectivity index is 3.63. The van der Waals surface area contributed by atoms with Crippen molar-refractivity contribution in [3.8, 4) is 0 Å². The van der Waals surface area contributed by atoms with Gasteiger partial charge in [-0.1, -0.05) is 0 Å². The Bertz CT molecular complexity index is 134. The lowest BCUT2D eigenvalue weighted by Gasteiger charge is -1.99. The molecule has 0 saturated carbocycles. The predicted molar refractivity (Wildman–Crippen MR) is 28.3 cm³/mol. The van der Waals surface area contributed by atoms with Crippen LogP contribution in [0.5, 0.6) is 0 Å². The summed E-state index contributed by atoms with van der Waals surface area (Å²) in [6, 6.07) is -1.18. The summed E-state index contributed by atoms with van der Waals surface area (Å²) < 4.78 is 0. The quantitative estimate of drug-likeness (QED) is 0.491. The SMILES string of the molecule is [NH]C(=O)C(N)CC(=O)O. The smallest absolute Gasteiger partial charge is 0.305 e. The van der Waals surface area contributed by atoms with E-state index in [0.29, 0.717) is 0 Å². The maximum Gasteiger partial charge on any atom is 0.305 e. The first kappa shape index (κ1) is 7.90. The van der Waals surface area contributed by atoms with E-state index in [-0.39, 0.29) is 0 Å². The van der Waals surface area contributed by atoms with E-state index in [4.69, 9.17) is 16.6 Å². The highest BCUT2D eigenvalue weighted by molar-refractivity contribution is 5.83. The summed E-state index contributed by atoms with van der Waals surface area (Å²) in [5.74, 6) is -2.21. The molecule has 0 aromatic rings. The van der Waals surface area contributed by atoms with Crippen LogP contribution in [0.15, 0.2) is 0 Å². The lowest BCUT2D eigenvalue weighted by Crippen LogP contribution is -2.33. The maximum absolute atomic E-state index is 9.96. The number of rotatable bonds is 3. The van der Waals surface area contributed by atoms with E-state index in [2.05, 4.69) is 0 Å². The van der Waals surface area contributed by atoms with Gasteiger partial charge >= 0.3 is 5.97 Å². The summed E-state index contributed by atoms with van der Waals surface area (Å²) in [5.41, 5.74) is 11.2. The molecule has 5 heteroatoms. The van der Waals surface area contributed by atoms with Crippen LogP contribution in [0.3, 0.4) is 0 Å². The summed E-state index contributed by atoms with van der Waals surface area (Å²) in [6.07, 6.45) is -0.470. The lowest BCUT2D eigenvalue weighted by molar-refractivity contribution is -0.139. The van der Waals surface area contributed by atoms with Crippen molar-refractivity contribution in [1.29, 1.82) is 0 Å². The van der Waals surface area contributed by atoms with E-state index < -0.39 is 24.3 Å². The Morgan fingerprint density at radius 2 is 2.11 bits per heavy atom. The van der Waals surface area contributed by atoms with Gasteiger partial charge in [-0.2, -0.15) is 0 Å².